The lowest BCUT2D eigenvalue weighted by molar-refractivity contribution is -0.111. The Labute approximate surface area is 141 Å². The molecule has 2 aromatic rings. The lowest BCUT2D eigenvalue weighted by Gasteiger charge is -2.09. The monoisotopic (exact) mass is 327 g/mol. The first kappa shape index (κ1) is 15.9. The van der Waals surface area contributed by atoms with Crippen molar-refractivity contribution in [2.75, 3.05) is 5.32 Å². The van der Waals surface area contributed by atoms with E-state index in [1.165, 1.54) is 36.7 Å². The Bertz CT molecular complexity index is 685. The minimum atomic E-state index is -0.134. The molecule has 1 aliphatic carbocycles. The van der Waals surface area contributed by atoms with Gasteiger partial charge in [-0.15, -0.1) is 11.8 Å². The molecule has 0 aliphatic heterocycles. The first-order valence-electron chi connectivity index (χ1n) is 7.93. The van der Waals surface area contributed by atoms with E-state index in [1.54, 1.807) is 17.0 Å². The average molecular weight is 327 g/mol. The van der Waals surface area contributed by atoms with Crippen molar-refractivity contribution in [2.45, 2.75) is 35.8 Å². The summed E-state index contributed by atoms with van der Waals surface area (Å²) in [5.74, 6) is -0.134. The van der Waals surface area contributed by atoms with E-state index in [1.807, 2.05) is 37.1 Å². The molecule has 120 valence electrons. The number of hydrogen-bond acceptors (Lipinski definition) is 3. The van der Waals surface area contributed by atoms with Gasteiger partial charge in [0.2, 0.25) is 5.91 Å². The summed E-state index contributed by atoms with van der Waals surface area (Å²) in [6.45, 7) is 0. The van der Waals surface area contributed by atoms with Crippen LogP contribution >= 0.6 is 11.8 Å². The highest BCUT2D eigenvalue weighted by Crippen LogP contribution is 2.34. The van der Waals surface area contributed by atoms with E-state index in [-0.39, 0.29) is 5.91 Å². The van der Waals surface area contributed by atoms with Crippen LogP contribution in [0.3, 0.4) is 0 Å². The average Bonchev–Trinajstić information content (AvgIpc) is 3.19. The Morgan fingerprint density at radius 2 is 2.04 bits per heavy atom. The van der Waals surface area contributed by atoms with Crippen molar-refractivity contribution in [3.63, 3.8) is 0 Å². The molecule has 0 unspecified atom stereocenters. The fourth-order valence-corrected chi connectivity index (χ4v) is 3.94. The highest BCUT2D eigenvalue weighted by atomic mass is 32.2. The molecule has 0 saturated heterocycles. The fraction of sp³-hybridized carbons (Fsp3) is 0.333. The van der Waals surface area contributed by atoms with Crippen LogP contribution in [0.2, 0.25) is 0 Å². The third kappa shape index (κ3) is 4.73. The summed E-state index contributed by atoms with van der Waals surface area (Å²) in [5.41, 5.74) is 1.73. The molecule has 5 heteroatoms. The molecule has 1 aliphatic rings. The van der Waals surface area contributed by atoms with Gasteiger partial charge in [-0.05, 0) is 43.2 Å². The Hall–Kier alpha value is -2.01. The Morgan fingerprint density at radius 1 is 1.30 bits per heavy atom. The van der Waals surface area contributed by atoms with Crippen LogP contribution in [0.5, 0.6) is 0 Å². The maximum atomic E-state index is 11.9. The van der Waals surface area contributed by atoms with Crippen LogP contribution < -0.4 is 5.32 Å². The molecule has 1 heterocycles. The smallest absolute Gasteiger partial charge is 0.248 e. The van der Waals surface area contributed by atoms with Gasteiger partial charge in [0.15, 0.2) is 0 Å². The van der Waals surface area contributed by atoms with Crippen LogP contribution in [0.4, 0.5) is 5.69 Å². The molecular formula is C18H21N3OS. The zero-order valence-corrected chi connectivity index (χ0v) is 14.1. The molecule has 0 bridgehead atoms. The lowest BCUT2D eigenvalue weighted by Crippen LogP contribution is -2.07. The van der Waals surface area contributed by atoms with E-state index < -0.39 is 0 Å². The molecule has 1 fully saturated rings. The van der Waals surface area contributed by atoms with Gasteiger partial charge in [0.1, 0.15) is 0 Å². The molecule has 1 saturated carbocycles. The van der Waals surface area contributed by atoms with Crippen LogP contribution in [0.1, 0.15) is 31.2 Å². The number of aromatic nitrogens is 2. The first-order chi connectivity index (χ1) is 11.2. The highest BCUT2D eigenvalue weighted by molar-refractivity contribution is 8.00. The van der Waals surface area contributed by atoms with E-state index in [2.05, 4.69) is 22.5 Å². The number of carbonyl (C=O) groups is 1. The van der Waals surface area contributed by atoms with Gasteiger partial charge >= 0.3 is 0 Å². The molecule has 23 heavy (non-hydrogen) atoms. The summed E-state index contributed by atoms with van der Waals surface area (Å²) in [4.78, 5) is 13.2. The van der Waals surface area contributed by atoms with Crippen molar-refractivity contribution in [1.29, 1.82) is 0 Å². The number of nitrogens with zero attached hydrogens (tertiary/aromatic N) is 2. The molecule has 0 radical (unpaired) electrons. The summed E-state index contributed by atoms with van der Waals surface area (Å²) in [6, 6.07) is 8.10. The van der Waals surface area contributed by atoms with Crippen molar-refractivity contribution in [2.24, 2.45) is 7.05 Å². The molecule has 4 nitrogen and oxygen atoms in total. The highest BCUT2D eigenvalue weighted by Gasteiger charge is 2.15. The third-order valence-corrected chi connectivity index (χ3v) is 5.23. The lowest BCUT2D eigenvalue weighted by atomic mass is 10.3. The summed E-state index contributed by atoms with van der Waals surface area (Å²) in [6.07, 6.45) is 12.2. The van der Waals surface area contributed by atoms with Gasteiger partial charge in [-0.2, -0.15) is 5.10 Å². The number of nitrogens with one attached hydrogen (secondary N) is 1. The summed E-state index contributed by atoms with van der Waals surface area (Å²) < 4.78 is 1.71. The molecule has 0 spiro atoms. The minimum absolute atomic E-state index is 0.134. The van der Waals surface area contributed by atoms with Crippen LogP contribution in [0.25, 0.3) is 6.08 Å². The van der Waals surface area contributed by atoms with Crippen molar-refractivity contribution in [1.82, 2.24) is 9.78 Å². The normalized spacial score (nSPS) is 15.3. The van der Waals surface area contributed by atoms with E-state index in [4.69, 9.17) is 0 Å². The summed E-state index contributed by atoms with van der Waals surface area (Å²) >= 11 is 1.95. The first-order valence-corrected chi connectivity index (χ1v) is 8.81. The van der Waals surface area contributed by atoms with Crippen LogP contribution in [0, 0.1) is 0 Å². The maximum absolute atomic E-state index is 11.9. The predicted molar refractivity (Wildman–Crippen MR) is 95.4 cm³/mol. The minimum Gasteiger partial charge on any atom is -0.323 e. The van der Waals surface area contributed by atoms with E-state index in [9.17, 15) is 4.79 Å². The van der Waals surface area contributed by atoms with Gasteiger partial charge in [-0.3, -0.25) is 9.48 Å². The van der Waals surface area contributed by atoms with Gasteiger partial charge in [0.25, 0.3) is 0 Å². The Balaban J connectivity index is 1.52. The Morgan fingerprint density at radius 3 is 2.70 bits per heavy atom. The second-order valence-electron chi connectivity index (χ2n) is 5.82. The van der Waals surface area contributed by atoms with E-state index in [0.29, 0.717) is 0 Å². The molecule has 3 rings (SSSR count). The number of hydrogen-bond donors (Lipinski definition) is 1. The van der Waals surface area contributed by atoms with Crippen LogP contribution in [0.15, 0.2) is 47.6 Å². The zero-order valence-electron chi connectivity index (χ0n) is 13.2. The second-order valence-corrected chi connectivity index (χ2v) is 7.19. The van der Waals surface area contributed by atoms with E-state index >= 15 is 0 Å². The maximum Gasteiger partial charge on any atom is 0.248 e. The molecule has 1 N–H and O–H groups in total. The number of benzene rings is 1. The standard InChI is InChI=1S/C18H21N3OS/c1-21-13-14(12-19-21)6-11-18(22)20-15-7-9-17(10-8-15)23-16-4-2-3-5-16/h6-13,16H,2-5H2,1H3,(H,20,22). The van der Waals surface area contributed by atoms with Gasteiger partial charge < -0.3 is 5.32 Å². The number of rotatable bonds is 5. The SMILES string of the molecule is Cn1cc(C=CC(=O)Nc2ccc(SC3CCCC3)cc2)cn1. The van der Waals surface area contributed by atoms with Gasteiger partial charge in [-0.25, -0.2) is 0 Å². The number of anilines is 1. The van der Waals surface area contributed by atoms with Crippen molar-refractivity contribution in [3.05, 3.63) is 48.3 Å². The van der Waals surface area contributed by atoms with Crippen molar-refractivity contribution >= 4 is 29.4 Å². The van der Waals surface area contributed by atoms with Gasteiger partial charge in [0, 0.05) is 40.7 Å². The molecule has 1 aromatic heterocycles. The number of aryl methyl sites for hydroxylation is 1. The van der Waals surface area contributed by atoms with Crippen LogP contribution in [-0.2, 0) is 11.8 Å². The molecule has 1 amide bonds. The predicted octanol–water partition coefficient (Wildman–Crippen LogP) is 4.11. The molecular weight excluding hydrogens is 306 g/mol. The fourth-order valence-electron chi connectivity index (χ4n) is 2.70. The number of carbonyl (C=O) groups excluding carboxylic acids is 1. The van der Waals surface area contributed by atoms with Gasteiger partial charge in [0.05, 0.1) is 6.20 Å². The number of amides is 1. The third-order valence-electron chi connectivity index (χ3n) is 3.88. The van der Waals surface area contributed by atoms with E-state index in [0.717, 1.165) is 16.5 Å². The number of thioether (sulfide) groups is 1. The summed E-state index contributed by atoms with van der Waals surface area (Å²) in [5, 5.41) is 7.70. The zero-order chi connectivity index (χ0) is 16.1. The largest absolute Gasteiger partial charge is 0.323 e. The molecule has 1 aromatic carbocycles. The van der Waals surface area contributed by atoms with Crippen molar-refractivity contribution in [3.8, 4) is 0 Å². The topological polar surface area (TPSA) is 46.9 Å². The van der Waals surface area contributed by atoms with Gasteiger partial charge in [-0.1, -0.05) is 12.8 Å². The quantitative estimate of drug-likeness (QED) is 0.841. The Kier molecular flexibility index (Phi) is 5.18. The van der Waals surface area contributed by atoms with Crippen LogP contribution in [-0.4, -0.2) is 20.9 Å². The molecule has 0 atom stereocenters. The van der Waals surface area contributed by atoms with Crippen molar-refractivity contribution < 1.29 is 4.79 Å². The second kappa shape index (κ2) is 7.51. The summed E-state index contributed by atoms with van der Waals surface area (Å²) in [7, 11) is 1.85.